The predicted octanol–water partition coefficient (Wildman–Crippen LogP) is -0.0962. The van der Waals surface area contributed by atoms with Crippen molar-refractivity contribution in [3.8, 4) is 0 Å². The minimum Gasteiger partial charge on any atom is -0.330 e. The largest absolute Gasteiger partial charge is 0.330 e. The van der Waals surface area contributed by atoms with E-state index >= 15 is 0 Å². The highest BCUT2D eigenvalue weighted by Gasteiger charge is 2.01. The molecule has 0 aliphatic heterocycles. The Morgan fingerprint density at radius 2 is 2.00 bits per heavy atom. The summed E-state index contributed by atoms with van der Waals surface area (Å²) in [6.45, 7) is 0.367. The summed E-state index contributed by atoms with van der Waals surface area (Å²) in [5.41, 5.74) is 5.01. The van der Waals surface area contributed by atoms with Gasteiger partial charge in [-0.2, -0.15) is 0 Å². The van der Waals surface area contributed by atoms with Gasteiger partial charge in [0.1, 0.15) is 0 Å². The van der Waals surface area contributed by atoms with Crippen LogP contribution >= 0.6 is 10.7 Å². The van der Waals surface area contributed by atoms with E-state index in [1.54, 1.807) is 0 Å². The van der Waals surface area contributed by atoms with Crippen LogP contribution in [-0.4, -0.2) is 20.7 Å². The van der Waals surface area contributed by atoms with E-state index in [0.717, 1.165) is 0 Å². The van der Waals surface area contributed by atoms with Gasteiger partial charge < -0.3 is 5.73 Å². The maximum absolute atomic E-state index is 10.1. The third kappa shape index (κ3) is 6.20. The van der Waals surface area contributed by atoms with Gasteiger partial charge in [0.05, 0.1) is 5.75 Å². The number of nitrogens with two attached hydrogens (primary N) is 1. The molecule has 0 atom stereocenters. The van der Waals surface area contributed by atoms with E-state index in [1.807, 2.05) is 0 Å². The summed E-state index contributed by atoms with van der Waals surface area (Å²) in [5.74, 6) is -0.0228. The van der Waals surface area contributed by atoms with Crippen molar-refractivity contribution in [3.63, 3.8) is 0 Å². The van der Waals surface area contributed by atoms with Crippen LogP contribution in [0.5, 0.6) is 0 Å². The zero-order chi connectivity index (χ0) is 6.62. The summed E-state index contributed by atoms with van der Waals surface area (Å²) in [5, 5.41) is 0. The van der Waals surface area contributed by atoms with E-state index in [0.29, 0.717) is 13.0 Å². The number of rotatable bonds is 3. The van der Waals surface area contributed by atoms with E-state index in [9.17, 15) is 8.42 Å². The molecule has 0 aromatic rings. The number of halogens is 1. The average Bonchev–Trinajstić information content (AvgIpc) is 1.59. The second kappa shape index (κ2) is 3.27. The molecule has 0 unspecified atom stereocenters. The van der Waals surface area contributed by atoms with E-state index < -0.39 is 9.05 Å². The molecule has 0 radical (unpaired) electrons. The molecule has 0 aliphatic carbocycles. The van der Waals surface area contributed by atoms with Gasteiger partial charge in [0.2, 0.25) is 9.05 Å². The summed E-state index contributed by atoms with van der Waals surface area (Å²) in [6.07, 6.45) is 0.436. The highest BCUT2D eigenvalue weighted by atomic mass is 35.7. The number of hydrogen-bond acceptors (Lipinski definition) is 3. The maximum Gasteiger partial charge on any atom is 0.232 e. The van der Waals surface area contributed by atoms with Gasteiger partial charge in [-0.25, -0.2) is 8.42 Å². The van der Waals surface area contributed by atoms with Gasteiger partial charge in [-0.1, -0.05) is 0 Å². The van der Waals surface area contributed by atoms with Crippen LogP contribution in [0.2, 0.25) is 0 Å². The Balaban J connectivity index is 3.42. The van der Waals surface area contributed by atoms with Gasteiger partial charge in [-0.15, -0.1) is 0 Å². The highest BCUT2D eigenvalue weighted by Crippen LogP contribution is 1.96. The second-order valence-corrected chi connectivity index (χ2v) is 4.28. The molecule has 3 nitrogen and oxygen atoms in total. The molecular formula is C3H8ClNO2S. The fourth-order valence-electron chi connectivity index (χ4n) is 0.256. The van der Waals surface area contributed by atoms with Crippen molar-refractivity contribution in [2.75, 3.05) is 12.3 Å². The van der Waals surface area contributed by atoms with Crippen molar-refractivity contribution in [3.05, 3.63) is 0 Å². The molecule has 0 heterocycles. The fourth-order valence-corrected chi connectivity index (χ4v) is 1.09. The molecule has 5 heteroatoms. The molecule has 0 spiro atoms. The van der Waals surface area contributed by atoms with Crippen molar-refractivity contribution >= 4 is 19.7 Å². The van der Waals surface area contributed by atoms with Gasteiger partial charge in [0, 0.05) is 10.7 Å². The lowest BCUT2D eigenvalue weighted by Crippen LogP contribution is -2.05. The van der Waals surface area contributed by atoms with Crippen molar-refractivity contribution in [2.45, 2.75) is 6.42 Å². The Hall–Kier alpha value is 0.200. The van der Waals surface area contributed by atoms with E-state index in [1.165, 1.54) is 0 Å². The van der Waals surface area contributed by atoms with Crippen LogP contribution in [0, 0.1) is 0 Å². The van der Waals surface area contributed by atoms with Crippen LogP contribution in [-0.2, 0) is 9.05 Å². The normalized spacial score (nSPS) is 11.8. The molecule has 2 N–H and O–H groups in total. The van der Waals surface area contributed by atoms with Crippen LogP contribution < -0.4 is 5.73 Å². The van der Waals surface area contributed by atoms with Crippen molar-refractivity contribution in [2.24, 2.45) is 5.73 Å². The quantitative estimate of drug-likeness (QED) is 0.583. The Kier molecular flexibility index (Phi) is 3.35. The lowest BCUT2D eigenvalue weighted by molar-refractivity contribution is 0.607. The molecule has 0 aliphatic rings. The molecule has 0 rings (SSSR count). The van der Waals surface area contributed by atoms with E-state index in [-0.39, 0.29) is 5.75 Å². The van der Waals surface area contributed by atoms with Crippen LogP contribution in [0.1, 0.15) is 6.42 Å². The second-order valence-electron chi connectivity index (χ2n) is 1.39. The topological polar surface area (TPSA) is 60.2 Å². The molecule has 0 aromatic heterocycles. The summed E-state index contributed by atoms with van der Waals surface area (Å²) in [6, 6.07) is 0. The SMILES string of the molecule is NCCCS(=O)(=O)Cl. The molecule has 0 aromatic carbocycles. The molecule has 50 valence electrons. The fraction of sp³-hybridized carbons (Fsp3) is 1.00. The zero-order valence-electron chi connectivity index (χ0n) is 4.30. The first-order chi connectivity index (χ1) is 3.56. The van der Waals surface area contributed by atoms with Gasteiger partial charge >= 0.3 is 0 Å². The lowest BCUT2D eigenvalue weighted by Gasteiger charge is -1.89. The molecule has 8 heavy (non-hydrogen) atoms. The third-order valence-corrected chi connectivity index (χ3v) is 1.83. The smallest absolute Gasteiger partial charge is 0.232 e. The van der Waals surface area contributed by atoms with Crippen LogP contribution in [0.4, 0.5) is 0 Å². The minimum atomic E-state index is -3.29. The first-order valence-corrected chi connectivity index (χ1v) is 4.66. The maximum atomic E-state index is 10.1. The first-order valence-electron chi connectivity index (χ1n) is 2.18. The average molecular weight is 158 g/mol. The van der Waals surface area contributed by atoms with Crippen LogP contribution in [0.25, 0.3) is 0 Å². The Labute approximate surface area is 53.2 Å². The third-order valence-electron chi connectivity index (χ3n) is 0.592. The minimum absolute atomic E-state index is 0.0228. The zero-order valence-corrected chi connectivity index (χ0v) is 5.87. The van der Waals surface area contributed by atoms with Gasteiger partial charge in [0.15, 0.2) is 0 Å². The van der Waals surface area contributed by atoms with E-state index in [4.69, 9.17) is 16.4 Å². The van der Waals surface area contributed by atoms with Gasteiger partial charge in [-0.3, -0.25) is 0 Å². The lowest BCUT2D eigenvalue weighted by atomic mass is 10.5. The Morgan fingerprint density at radius 3 is 2.12 bits per heavy atom. The predicted molar refractivity (Wildman–Crippen MR) is 33.3 cm³/mol. The van der Waals surface area contributed by atoms with Crippen molar-refractivity contribution in [1.82, 2.24) is 0 Å². The Morgan fingerprint density at radius 1 is 1.50 bits per heavy atom. The summed E-state index contributed by atoms with van der Waals surface area (Å²) < 4.78 is 20.2. The van der Waals surface area contributed by atoms with Crippen LogP contribution in [0.15, 0.2) is 0 Å². The van der Waals surface area contributed by atoms with Crippen LogP contribution in [0.3, 0.4) is 0 Å². The summed E-state index contributed by atoms with van der Waals surface area (Å²) in [4.78, 5) is 0. The van der Waals surface area contributed by atoms with Crippen molar-refractivity contribution < 1.29 is 8.42 Å². The Bertz CT molecular complexity index is 141. The molecule has 0 saturated carbocycles. The monoisotopic (exact) mass is 157 g/mol. The first kappa shape index (κ1) is 8.20. The molecule has 0 saturated heterocycles. The molecule has 0 bridgehead atoms. The highest BCUT2D eigenvalue weighted by molar-refractivity contribution is 8.13. The van der Waals surface area contributed by atoms with Gasteiger partial charge in [0.25, 0.3) is 0 Å². The van der Waals surface area contributed by atoms with Crippen molar-refractivity contribution in [1.29, 1.82) is 0 Å². The van der Waals surface area contributed by atoms with E-state index in [2.05, 4.69) is 0 Å². The molecule has 0 fully saturated rings. The molecular weight excluding hydrogens is 150 g/mol. The summed E-state index contributed by atoms with van der Waals surface area (Å²) >= 11 is 0. The molecule has 0 amide bonds. The number of hydrogen-bond donors (Lipinski definition) is 1. The standard InChI is InChI=1S/C3H8ClNO2S/c4-8(6,7)3-1-2-5/h1-3,5H2. The summed E-state index contributed by atoms with van der Waals surface area (Å²) in [7, 11) is 1.53. The van der Waals surface area contributed by atoms with Gasteiger partial charge in [-0.05, 0) is 13.0 Å².